The largest absolute Gasteiger partial charge is 0.382 e. The molecule has 0 spiro atoms. The van der Waals surface area contributed by atoms with Crippen LogP contribution in [0.25, 0.3) is 11.1 Å². The summed E-state index contributed by atoms with van der Waals surface area (Å²) < 4.78 is 0. The van der Waals surface area contributed by atoms with Crippen LogP contribution in [0, 0.1) is 0 Å². The van der Waals surface area contributed by atoms with Gasteiger partial charge in [-0.2, -0.15) is 0 Å². The van der Waals surface area contributed by atoms with Crippen LogP contribution in [-0.4, -0.2) is 43.7 Å². The van der Waals surface area contributed by atoms with E-state index in [2.05, 4.69) is 17.1 Å². The second-order valence-corrected chi connectivity index (χ2v) is 13.8. The molecule has 0 saturated heterocycles. The molecule has 5 aromatic rings. The third kappa shape index (κ3) is 6.50. The molecule has 6 rings (SSSR count). The van der Waals surface area contributed by atoms with Crippen molar-refractivity contribution in [2.45, 2.75) is 82.8 Å². The number of rotatable bonds is 14. The standard InChI is InChI=1S/C45H45NO5/c1-5-44(50,6-2)41(48)32-19-15-30(16-20-32)27-43(28-31-17-21-33(22-18-31)42(49)45(51,7-3)8-4)38-14-10-9-13-36(38)37-24-23-34(26-39(37)43)40(47)35-12-11-25-46-29-35/h9-26,29,50-51H,5-8,27-28H2,1-4H3. The van der Waals surface area contributed by atoms with Crippen LogP contribution in [0.15, 0.2) is 116 Å². The highest BCUT2D eigenvalue weighted by atomic mass is 16.3. The predicted molar refractivity (Wildman–Crippen MR) is 200 cm³/mol. The molecule has 0 saturated carbocycles. The molecular weight excluding hydrogens is 634 g/mol. The van der Waals surface area contributed by atoms with Crippen molar-refractivity contribution in [1.29, 1.82) is 0 Å². The van der Waals surface area contributed by atoms with Gasteiger partial charge in [0.25, 0.3) is 0 Å². The van der Waals surface area contributed by atoms with Crippen LogP contribution in [0.3, 0.4) is 0 Å². The highest BCUT2D eigenvalue weighted by Gasteiger charge is 2.44. The molecule has 1 aromatic heterocycles. The summed E-state index contributed by atoms with van der Waals surface area (Å²) >= 11 is 0. The van der Waals surface area contributed by atoms with E-state index in [1.807, 2.05) is 82.3 Å². The first kappa shape index (κ1) is 35.8. The van der Waals surface area contributed by atoms with Gasteiger partial charge in [0.2, 0.25) is 0 Å². The molecule has 4 aromatic carbocycles. The lowest BCUT2D eigenvalue weighted by Gasteiger charge is -2.33. The Bertz CT molecular complexity index is 1980. The molecule has 6 nitrogen and oxygen atoms in total. The Morgan fingerprint density at radius 2 is 1.06 bits per heavy atom. The van der Waals surface area contributed by atoms with Gasteiger partial charge in [0.1, 0.15) is 11.2 Å². The van der Waals surface area contributed by atoms with Gasteiger partial charge in [0.15, 0.2) is 17.3 Å². The van der Waals surface area contributed by atoms with Crippen molar-refractivity contribution < 1.29 is 24.6 Å². The molecule has 0 atom stereocenters. The summed E-state index contributed by atoms with van der Waals surface area (Å²) in [5.41, 5.74) is 4.89. The van der Waals surface area contributed by atoms with Crippen LogP contribution < -0.4 is 0 Å². The molecule has 0 amide bonds. The fourth-order valence-electron chi connectivity index (χ4n) is 7.63. The lowest BCUT2D eigenvalue weighted by molar-refractivity contribution is 0.0277. The number of ketones is 3. The van der Waals surface area contributed by atoms with Crippen molar-refractivity contribution in [2.24, 2.45) is 0 Å². The number of aromatic nitrogens is 1. The minimum Gasteiger partial charge on any atom is -0.382 e. The maximum Gasteiger partial charge on any atom is 0.194 e. The van der Waals surface area contributed by atoms with Gasteiger partial charge in [-0.3, -0.25) is 19.4 Å². The van der Waals surface area contributed by atoms with E-state index in [1.54, 1.807) is 48.8 Å². The number of carbonyl (C=O) groups excluding carboxylic acids is 3. The summed E-state index contributed by atoms with van der Waals surface area (Å²) in [6.45, 7) is 7.27. The number of carbonyl (C=O) groups is 3. The van der Waals surface area contributed by atoms with Crippen molar-refractivity contribution in [3.05, 3.63) is 160 Å². The van der Waals surface area contributed by atoms with Gasteiger partial charge in [-0.25, -0.2) is 0 Å². The van der Waals surface area contributed by atoms with E-state index >= 15 is 0 Å². The van der Waals surface area contributed by atoms with Gasteiger partial charge < -0.3 is 10.2 Å². The molecule has 1 aliphatic rings. The van der Waals surface area contributed by atoms with Crippen molar-refractivity contribution in [2.75, 3.05) is 0 Å². The third-order valence-corrected chi connectivity index (χ3v) is 11.1. The zero-order valence-corrected chi connectivity index (χ0v) is 29.8. The Morgan fingerprint density at radius 1 is 0.569 bits per heavy atom. The monoisotopic (exact) mass is 679 g/mol. The van der Waals surface area contributed by atoms with Crippen LogP contribution >= 0.6 is 0 Å². The number of Topliss-reactive ketones (excluding diaryl/α,β-unsaturated/α-hetero) is 2. The Morgan fingerprint density at radius 3 is 1.55 bits per heavy atom. The average Bonchev–Trinajstić information content (AvgIpc) is 3.45. The topological polar surface area (TPSA) is 105 Å². The number of nitrogens with zero attached hydrogens (tertiary/aromatic N) is 1. The average molecular weight is 680 g/mol. The maximum atomic E-state index is 13.8. The van der Waals surface area contributed by atoms with E-state index < -0.39 is 16.6 Å². The zero-order chi connectivity index (χ0) is 36.4. The minimum absolute atomic E-state index is 0.111. The van der Waals surface area contributed by atoms with Crippen LogP contribution in [0.2, 0.25) is 0 Å². The van der Waals surface area contributed by atoms with Crippen LogP contribution in [0.4, 0.5) is 0 Å². The van der Waals surface area contributed by atoms with Crippen molar-refractivity contribution in [3.63, 3.8) is 0 Å². The van der Waals surface area contributed by atoms with Crippen LogP contribution in [-0.2, 0) is 18.3 Å². The Kier molecular flexibility index (Phi) is 10.0. The van der Waals surface area contributed by atoms with E-state index in [9.17, 15) is 24.6 Å². The smallest absolute Gasteiger partial charge is 0.194 e. The van der Waals surface area contributed by atoms with E-state index in [1.165, 1.54) is 0 Å². The van der Waals surface area contributed by atoms with E-state index in [0.29, 0.717) is 60.8 Å². The first-order valence-corrected chi connectivity index (χ1v) is 17.9. The second kappa shape index (κ2) is 14.3. The SMILES string of the molecule is CCC(O)(CC)C(=O)c1ccc(CC2(Cc3ccc(C(=O)C(O)(CC)CC)cc3)c3ccccc3-c3ccc(C(=O)c4cccnc4)cc32)cc1. The van der Waals surface area contributed by atoms with Gasteiger partial charge in [0, 0.05) is 40.1 Å². The summed E-state index contributed by atoms with van der Waals surface area (Å²) in [5.74, 6) is -0.673. The van der Waals surface area contributed by atoms with Gasteiger partial charge in [-0.15, -0.1) is 0 Å². The lowest BCUT2D eigenvalue weighted by Crippen LogP contribution is -2.37. The van der Waals surface area contributed by atoms with Gasteiger partial charge in [-0.05, 0) is 90.1 Å². The fourth-order valence-corrected chi connectivity index (χ4v) is 7.63. The molecule has 0 fully saturated rings. The molecule has 0 aliphatic heterocycles. The molecule has 1 heterocycles. The summed E-state index contributed by atoms with van der Waals surface area (Å²) in [6.07, 6.45) is 5.70. The minimum atomic E-state index is -1.40. The quantitative estimate of drug-likeness (QED) is 0.114. The predicted octanol–water partition coefficient (Wildman–Crippen LogP) is 8.53. The summed E-state index contributed by atoms with van der Waals surface area (Å²) in [6, 6.07) is 32.9. The highest BCUT2D eigenvalue weighted by Crippen LogP contribution is 2.52. The second-order valence-electron chi connectivity index (χ2n) is 13.8. The number of pyridine rings is 1. The Labute approximate surface area is 300 Å². The number of aliphatic hydroxyl groups is 2. The molecule has 51 heavy (non-hydrogen) atoms. The summed E-state index contributed by atoms with van der Waals surface area (Å²) in [7, 11) is 0. The van der Waals surface area contributed by atoms with Gasteiger partial charge in [0.05, 0.1) is 0 Å². The normalized spacial score (nSPS) is 13.4. The highest BCUT2D eigenvalue weighted by molar-refractivity contribution is 6.09. The van der Waals surface area contributed by atoms with Crippen molar-refractivity contribution in [3.8, 4) is 11.1 Å². The van der Waals surface area contributed by atoms with Crippen LogP contribution in [0.1, 0.15) is 112 Å². The fraction of sp³-hybridized carbons (Fsp3) is 0.289. The molecule has 260 valence electrons. The molecular formula is C45H45NO5. The molecule has 2 N–H and O–H groups in total. The lowest BCUT2D eigenvalue weighted by atomic mass is 9.69. The van der Waals surface area contributed by atoms with E-state index in [-0.39, 0.29) is 17.3 Å². The Balaban J connectivity index is 1.47. The molecule has 0 bridgehead atoms. The molecule has 0 radical (unpaired) electrons. The van der Waals surface area contributed by atoms with Gasteiger partial charge >= 0.3 is 0 Å². The summed E-state index contributed by atoms with van der Waals surface area (Å²) in [5, 5.41) is 21.9. The van der Waals surface area contributed by atoms with Crippen molar-refractivity contribution in [1.82, 2.24) is 4.98 Å². The molecule has 6 heteroatoms. The number of benzene rings is 4. The third-order valence-electron chi connectivity index (χ3n) is 11.1. The summed E-state index contributed by atoms with van der Waals surface area (Å²) in [4.78, 5) is 44.5. The molecule has 0 unspecified atom stereocenters. The number of hydrogen-bond donors (Lipinski definition) is 2. The molecule has 1 aliphatic carbocycles. The van der Waals surface area contributed by atoms with Gasteiger partial charge in [-0.1, -0.05) is 113 Å². The zero-order valence-electron chi connectivity index (χ0n) is 29.8. The number of hydrogen-bond acceptors (Lipinski definition) is 6. The Hall–Kier alpha value is -5.04. The maximum absolute atomic E-state index is 13.8. The number of fused-ring (bicyclic) bond motifs is 3. The van der Waals surface area contributed by atoms with E-state index in [4.69, 9.17) is 0 Å². The van der Waals surface area contributed by atoms with E-state index in [0.717, 1.165) is 33.4 Å². The van der Waals surface area contributed by atoms with Crippen LogP contribution in [0.5, 0.6) is 0 Å². The van der Waals surface area contributed by atoms with Crippen molar-refractivity contribution >= 4 is 17.3 Å². The first-order chi connectivity index (χ1) is 24.5. The first-order valence-electron chi connectivity index (χ1n) is 17.9.